The van der Waals surface area contributed by atoms with Gasteiger partial charge in [-0.25, -0.2) is 27.2 Å². The Bertz CT molecular complexity index is 1820. The third kappa shape index (κ3) is 4.72. The Morgan fingerprint density at radius 3 is 2.39 bits per heavy atom. The van der Waals surface area contributed by atoms with Gasteiger partial charge in [-0.05, 0) is 59.5 Å². The number of fused-ring (bicyclic) bond motifs is 1. The Balaban J connectivity index is 1.65. The summed E-state index contributed by atoms with van der Waals surface area (Å²) in [6, 6.07) is 15.7. The van der Waals surface area contributed by atoms with Crippen LogP contribution in [0.4, 0.5) is 14.6 Å². The van der Waals surface area contributed by atoms with Crippen molar-refractivity contribution >= 4 is 26.6 Å². The normalized spacial score (nSPS) is 11.2. The maximum atomic E-state index is 14.0. The molecule has 38 heavy (non-hydrogen) atoms. The fourth-order valence-corrected chi connectivity index (χ4v) is 5.10. The number of methoxy groups -OCH3 is 1. The van der Waals surface area contributed by atoms with Gasteiger partial charge in [-0.1, -0.05) is 6.07 Å². The van der Waals surface area contributed by atoms with Crippen LogP contribution in [0.3, 0.4) is 0 Å². The van der Waals surface area contributed by atoms with Crippen molar-refractivity contribution in [3.8, 4) is 34.2 Å². The third-order valence-corrected chi connectivity index (χ3v) is 7.11. The SMILES string of the molecule is COc1cc(C#N)c(-c2cc(F)cc(F)c2)cc1-c1nccc2cc(S(=O)(=O)Nc3ccncn3)ccc12. The molecule has 0 fully saturated rings. The van der Waals surface area contributed by atoms with Crippen LogP contribution in [0.5, 0.6) is 5.75 Å². The Morgan fingerprint density at radius 1 is 0.921 bits per heavy atom. The van der Waals surface area contributed by atoms with Crippen LogP contribution in [0.1, 0.15) is 5.56 Å². The largest absolute Gasteiger partial charge is 0.496 e. The zero-order valence-corrected chi connectivity index (χ0v) is 20.5. The molecule has 2 aromatic heterocycles. The molecule has 0 amide bonds. The molecule has 1 N–H and O–H groups in total. The highest BCUT2D eigenvalue weighted by atomic mass is 32.2. The topological polar surface area (TPSA) is 118 Å². The average Bonchev–Trinajstić information content (AvgIpc) is 2.91. The highest BCUT2D eigenvalue weighted by molar-refractivity contribution is 7.92. The van der Waals surface area contributed by atoms with Gasteiger partial charge in [0.25, 0.3) is 10.0 Å². The lowest BCUT2D eigenvalue weighted by Crippen LogP contribution is -2.13. The van der Waals surface area contributed by atoms with Crippen LogP contribution in [0.15, 0.2) is 84.3 Å². The average molecular weight is 530 g/mol. The van der Waals surface area contributed by atoms with E-state index in [0.717, 1.165) is 18.2 Å². The number of halogens is 2. The number of hydrogen-bond donors (Lipinski definition) is 1. The molecule has 188 valence electrons. The Kier molecular flexibility index (Phi) is 6.40. The first-order chi connectivity index (χ1) is 18.3. The molecular formula is C27H17F2N5O3S. The van der Waals surface area contributed by atoms with Gasteiger partial charge in [-0.2, -0.15) is 5.26 Å². The maximum Gasteiger partial charge on any atom is 0.263 e. The number of sulfonamides is 1. The number of aromatic nitrogens is 3. The molecule has 5 rings (SSSR count). The molecule has 0 atom stereocenters. The molecule has 3 aromatic carbocycles. The van der Waals surface area contributed by atoms with Crippen molar-refractivity contribution in [2.45, 2.75) is 4.90 Å². The quantitative estimate of drug-likeness (QED) is 0.316. The van der Waals surface area contributed by atoms with Gasteiger partial charge in [0, 0.05) is 35.0 Å². The van der Waals surface area contributed by atoms with Crippen molar-refractivity contribution < 1.29 is 21.9 Å². The molecule has 0 radical (unpaired) electrons. The second-order valence-corrected chi connectivity index (χ2v) is 9.79. The van der Waals surface area contributed by atoms with Crippen LogP contribution in [-0.2, 0) is 10.0 Å². The van der Waals surface area contributed by atoms with E-state index in [9.17, 15) is 22.5 Å². The summed E-state index contributed by atoms with van der Waals surface area (Å²) in [5.41, 5.74) is 1.49. The first kappa shape index (κ1) is 24.7. The van der Waals surface area contributed by atoms with Crippen molar-refractivity contribution in [3.05, 3.63) is 96.6 Å². The van der Waals surface area contributed by atoms with Gasteiger partial charge in [0.15, 0.2) is 0 Å². The molecule has 0 aliphatic carbocycles. The second-order valence-electron chi connectivity index (χ2n) is 8.11. The summed E-state index contributed by atoms with van der Waals surface area (Å²) in [5, 5.41) is 10.9. The lowest BCUT2D eigenvalue weighted by Gasteiger charge is -2.15. The minimum Gasteiger partial charge on any atom is -0.496 e. The smallest absolute Gasteiger partial charge is 0.263 e. The van der Waals surface area contributed by atoms with E-state index in [4.69, 9.17) is 4.74 Å². The predicted molar refractivity (Wildman–Crippen MR) is 137 cm³/mol. The molecule has 0 saturated carbocycles. The minimum absolute atomic E-state index is 0.00322. The number of ether oxygens (including phenoxy) is 1. The van der Waals surface area contributed by atoms with Crippen LogP contribution in [0, 0.1) is 23.0 Å². The summed E-state index contributed by atoms with van der Waals surface area (Å²) in [4.78, 5) is 12.1. The van der Waals surface area contributed by atoms with Gasteiger partial charge < -0.3 is 4.74 Å². The maximum absolute atomic E-state index is 14.0. The molecule has 0 aliphatic heterocycles. The highest BCUT2D eigenvalue weighted by Crippen LogP contribution is 2.39. The summed E-state index contributed by atoms with van der Waals surface area (Å²) >= 11 is 0. The van der Waals surface area contributed by atoms with E-state index < -0.39 is 21.7 Å². The van der Waals surface area contributed by atoms with Crippen LogP contribution in [0.25, 0.3) is 33.2 Å². The number of rotatable bonds is 6. The molecule has 8 nitrogen and oxygen atoms in total. The fraction of sp³-hybridized carbons (Fsp3) is 0.0370. The van der Waals surface area contributed by atoms with E-state index in [2.05, 4.69) is 19.7 Å². The van der Waals surface area contributed by atoms with Crippen molar-refractivity contribution in [1.29, 1.82) is 5.26 Å². The van der Waals surface area contributed by atoms with Crippen molar-refractivity contribution in [3.63, 3.8) is 0 Å². The molecule has 0 unspecified atom stereocenters. The van der Waals surface area contributed by atoms with E-state index in [0.29, 0.717) is 27.8 Å². The summed E-state index contributed by atoms with van der Waals surface area (Å²) in [7, 11) is -2.52. The van der Waals surface area contributed by atoms with E-state index in [1.165, 1.54) is 50.1 Å². The van der Waals surface area contributed by atoms with Gasteiger partial charge in [0.2, 0.25) is 0 Å². The van der Waals surface area contributed by atoms with E-state index in [-0.39, 0.29) is 27.4 Å². The van der Waals surface area contributed by atoms with E-state index >= 15 is 0 Å². The highest BCUT2D eigenvalue weighted by Gasteiger charge is 2.20. The summed E-state index contributed by atoms with van der Waals surface area (Å²) in [6.45, 7) is 0. The summed E-state index contributed by atoms with van der Waals surface area (Å²) in [5.74, 6) is -1.13. The summed E-state index contributed by atoms with van der Waals surface area (Å²) < 4.78 is 61.7. The Labute approximate surface area is 216 Å². The van der Waals surface area contributed by atoms with Gasteiger partial charge in [-0.3, -0.25) is 9.71 Å². The molecule has 0 bridgehead atoms. The minimum atomic E-state index is -3.95. The number of benzene rings is 3. The lowest BCUT2D eigenvalue weighted by atomic mass is 9.94. The summed E-state index contributed by atoms with van der Waals surface area (Å²) in [6.07, 6.45) is 4.15. The third-order valence-electron chi connectivity index (χ3n) is 5.76. The van der Waals surface area contributed by atoms with Crippen molar-refractivity contribution in [2.75, 3.05) is 11.8 Å². The molecule has 0 aliphatic rings. The number of anilines is 1. The predicted octanol–water partition coefficient (Wildman–Crippen LogP) is 5.32. The number of nitriles is 1. The number of hydrogen-bond acceptors (Lipinski definition) is 7. The van der Waals surface area contributed by atoms with E-state index in [1.807, 2.05) is 6.07 Å². The molecule has 5 aromatic rings. The standard InChI is InChI=1S/C27H17F2N5O3S/c1-37-25-11-18(14-30)23(17-8-19(28)12-20(29)9-17)13-24(25)27-22-3-2-21(10-16(22)4-7-32-27)38(35,36)34-26-5-6-31-15-33-26/h2-13,15H,1H3,(H,31,33,34). The van der Waals surface area contributed by atoms with Crippen molar-refractivity contribution in [2.24, 2.45) is 0 Å². The monoisotopic (exact) mass is 529 g/mol. The zero-order chi connectivity index (χ0) is 26.9. The van der Waals surface area contributed by atoms with Crippen molar-refractivity contribution in [1.82, 2.24) is 15.0 Å². The van der Waals surface area contributed by atoms with Crippen LogP contribution in [-0.4, -0.2) is 30.5 Å². The number of pyridine rings is 1. The number of nitrogens with one attached hydrogen (secondary N) is 1. The Hall–Kier alpha value is -4.95. The molecule has 0 spiro atoms. The van der Waals surface area contributed by atoms with Gasteiger partial charge in [0.1, 0.15) is 29.5 Å². The number of nitrogens with zero attached hydrogens (tertiary/aromatic N) is 4. The molecular weight excluding hydrogens is 512 g/mol. The van der Waals surface area contributed by atoms with Crippen LogP contribution < -0.4 is 9.46 Å². The van der Waals surface area contributed by atoms with Gasteiger partial charge >= 0.3 is 0 Å². The second kappa shape index (κ2) is 9.84. The zero-order valence-electron chi connectivity index (χ0n) is 19.7. The molecule has 0 saturated heterocycles. The van der Waals surface area contributed by atoms with Crippen LogP contribution >= 0.6 is 0 Å². The lowest BCUT2D eigenvalue weighted by molar-refractivity contribution is 0.416. The van der Waals surface area contributed by atoms with Gasteiger partial charge in [-0.15, -0.1) is 0 Å². The molecule has 11 heteroatoms. The first-order valence-electron chi connectivity index (χ1n) is 11.1. The first-order valence-corrected chi connectivity index (χ1v) is 12.5. The van der Waals surface area contributed by atoms with Gasteiger partial charge in [0.05, 0.1) is 29.3 Å². The van der Waals surface area contributed by atoms with E-state index in [1.54, 1.807) is 18.2 Å². The molecule has 2 heterocycles. The van der Waals surface area contributed by atoms with Crippen LogP contribution in [0.2, 0.25) is 0 Å². The fourth-order valence-electron chi connectivity index (χ4n) is 4.06. The Morgan fingerprint density at radius 2 is 1.71 bits per heavy atom.